The Labute approximate surface area is 143 Å². The van der Waals surface area contributed by atoms with Crippen LogP contribution >= 0.6 is 0 Å². The number of likely N-dealkylation sites (tertiary alicyclic amines) is 1. The molecule has 0 N–H and O–H groups in total. The molecule has 4 aliphatic rings. The molecular weight excluding hydrogens is 302 g/mol. The maximum absolute atomic E-state index is 11.8. The molecule has 128 valence electrons. The van der Waals surface area contributed by atoms with Gasteiger partial charge in [0.15, 0.2) is 11.5 Å². The Bertz CT molecular complexity index is 715. The number of likely N-dealkylation sites (N-methyl/N-ethyl adjacent to an activating group) is 1. The van der Waals surface area contributed by atoms with Crippen molar-refractivity contribution in [2.75, 3.05) is 13.6 Å². The van der Waals surface area contributed by atoms with Crippen LogP contribution in [0.5, 0.6) is 11.5 Å². The Kier molecular flexibility index (Phi) is 3.06. The zero-order valence-electron chi connectivity index (χ0n) is 14.5. The highest BCUT2D eigenvalue weighted by Crippen LogP contribution is 2.63. The number of carbonyl (C=O) groups is 1. The van der Waals surface area contributed by atoms with Gasteiger partial charge < -0.3 is 14.4 Å². The van der Waals surface area contributed by atoms with Crippen molar-refractivity contribution < 1.29 is 14.3 Å². The number of esters is 1. The number of benzene rings is 1. The Balaban J connectivity index is 1.69. The maximum Gasteiger partial charge on any atom is 0.311 e. The number of hydrogen-bond acceptors (Lipinski definition) is 4. The molecule has 1 spiro atoms. The second-order valence-electron chi connectivity index (χ2n) is 7.94. The molecule has 2 fully saturated rings. The molecule has 1 aromatic rings. The van der Waals surface area contributed by atoms with E-state index in [1.165, 1.54) is 30.4 Å². The summed E-state index contributed by atoms with van der Waals surface area (Å²) in [7, 11) is 2.28. The quantitative estimate of drug-likeness (QED) is 0.618. The van der Waals surface area contributed by atoms with Gasteiger partial charge in [-0.05, 0) is 63.2 Å². The fourth-order valence-electron chi connectivity index (χ4n) is 5.97. The average Bonchev–Trinajstić information content (AvgIpc) is 2.93. The lowest BCUT2D eigenvalue weighted by Gasteiger charge is -2.57. The van der Waals surface area contributed by atoms with Crippen molar-refractivity contribution in [1.29, 1.82) is 0 Å². The van der Waals surface area contributed by atoms with Gasteiger partial charge in [-0.15, -0.1) is 0 Å². The van der Waals surface area contributed by atoms with Crippen LogP contribution in [0.15, 0.2) is 12.1 Å². The van der Waals surface area contributed by atoms with Gasteiger partial charge in [-0.25, -0.2) is 0 Å². The highest BCUT2D eigenvalue weighted by Gasteiger charge is 2.63. The number of carbonyl (C=O) groups excluding carboxylic acids is 1. The number of hydrogen-bond donors (Lipinski definition) is 0. The van der Waals surface area contributed by atoms with Crippen molar-refractivity contribution in [3.63, 3.8) is 0 Å². The summed E-state index contributed by atoms with van der Waals surface area (Å²) in [6.45, 7) is 2.97. The smallest absolute Gasteiger partial charge is 0.311 e. The van der Waals surface area contributed by atoms with Gasteiger partial charge in [0.1, 0.15) is 6.10 Å². The Morgan fingerprint density at radius 3 is 3.12 bits per heavy atom. The van der Waals surface area contributed by atoms with Crippen LogP contribution in [0.2, 0.25) is 0 Å². The molecule has 2 unspecified atom stereocenters. The molecule has 1 saturated heterocycles. The summed E-state index contributed by atoms with van der Waals surface area (Å²) in [5.41, 5.74) is 2.97. The molecule has 0 radical (unpaired) electrons. The first-order valence-corrected chi connectivity index (χ1v) is 9.39. The fraction of sp³-hybridized carbons (Fsp3) is 0.650. The molecule has 0 amide bonds. The summed E-state index contributed by atoms with van der Waals surface area (Å²) >= 11 is 0. The van der Waals surface area contributed by atoms with Crippen molar-refractivity contribution >= 4 is 5.97 Å². The summed E-state index contributed by atoms with van der Waals surface area (Å²) in [4.78, 5) is 14.4. The lowest BCUT2D eigenvalue weighted by Crippen LogP contribution is -2.63. The molecule has 5 rings (SSSR count). The Morgan fingerprint density at radius 2 is 2.29 bits per heavy atom. The van der Waals surface area contributed by atoms with Crippen LogP contribution in [0.25, 0.3) is 0 Å². The number of piperidine rings is 1. The normalized spacial score (nSPS) is 36.0. The van der Waals surface area contributed by atoms with Crippen molar-refractivity contribution in [2.45, 2.75) is 63.0 Å². The monoisotopic (exact) mass is 327 g/mol. The van der Waals surface area contributed by atoms with E-state index in [9.17, 15) is 4.79 Å². The molecule has 2 bridgehead atoms. The van der Waals surface area contributed by atoms with Crippen LogP contribution in [-0.4, -0.2) is 36.6 Å². The largest absolute Gasteiger partial charge is 0.485 e. The SMILES string of the molecule is CCC(=O)Oc1ccc2c3c1OC1CCCC4[C@@H](C2)N(C)CC[C@]314. The molecular formula is C20H25NO3. The van der Waals surface area contributed by atoms with Gasteiger partial charge in [0.05, 0.1) is 0 Å². The van der Waals surface area contributed by atoms with Crippen LogP contribution < -0.4 is 9.47 Å². The Morgan fingerprint density at radius 1 is 1.42 bits per heavy atom. The van der Waals surface area contributed by atoms with Crippen LogP contribution in [0.4, 0.5) is 0 Å². The second-order valence-corrected chi connectivity index (χ2v) is 7.94. The molecule has 1 saturated carbocycles. The molecule has 24 heavy (non-hydrogen) atoms. The topological polar surface area (TPSA) is 38.8 Å². The minimum atomic E-state index is -0.184. The maximum atomic E-state index is 11.8. The van der Waals surface area contributed by atoms with E-state index in [4.69, 9.17) is 9.47 Å². The van der Waals surface area contributed by atoms with E-state index in [0.29, 0.717) is 24.1 Å². The van der Waals surface area contributed by atoms with Gasteiger partial charge in [0.25, 0.3) is 0 Å². The standard InChI is InChI=1S/C20H25NO3/c1-3-17(22)23-15-8-7-12-11-14-13-5-4-6-16-20(13,9-10-21(14)2)18(12)19(15)24-16/h7-8,13-14,16H,3-6,9-11H2,1-2H3/t13?,14-,16?,20-/m1/s1. The summed E-state index contributed by atoms with van der Waals surface area (Å²) in [5, 5.41) is 0. The fourth-order valence-corrected chi connectivity index (χ4v) is 5.97. The van der Waals surface area contributed by atoms with E-state index in [2.05, 4.69) is 18.0 Å². The van der Waals surface area contributed by atoms with E-state index in [-0.39, 0.29) is 17.5 Å². The summed E-state index contributed by atoms with van der Waals surface area (Å²) < 4.78 is 12.1. The third-order valence-electron chi connectivity index (χ3n) is 7.00. The van der Waals surface area contributed by atoms with Gasteiger partial charge in [0.2, 0.25) is 0 Å². The first-order chi connectivity index (χ1) is 11.6. The molecule has 4 atom stereocenters. The van der Waals surface area contributed by atoms with Crippen LogP contribution in [0.3, 0.4) is 0 Å². The van der Waals surface area contributed by atoms with E-state index in [1.807, 2.05) is 13.0 Å². The van der Waals surface area contributed by atoms with E-state index in [1.54, 1.807) is 0 Å². The van der Waals surface area contributed by atoms with Crippen molar-refractivity contribution in [1.82, 2.24) is 4.90 Å². The van der Waals surface area contributed by atoms with Gasteiger partial charge in [-0.3, -0.25) is 4.79 Å². The Hall–Kier alpha value is -1.55. The first kappa shape index (κ1) is 14.8. The second kappa shape index (κ2) is 4.98. The summed E-state index contributed by atoms with van der Waals surface area (Å²) in [5.74, 6) is 2.02. The van der Waals surface area contributed by atoms with Crippen molar-refractivity contribution in [2.24, 2.45) is 5.92 Å². The average molecular weight is 327 g/mol. The van der Waals surface area contributed by atoms with Gasteiger partial charge in [-0.2, -0.15) is 0 Å². The summed E-state index contributed by atoms with van der Waals surface area (Å²) in [6, 6.07) is 4.76. The van der Waals surface area contributed by atoms with Gasteiger partial charge in [0, 0.05) is 23.4 Å². The van der Waals surface area contributed by atoms with Gasteiger partial charge in [-0.1, -0.05) is 13.0 Å². The molecule has 2 aliphatic heterocycles. The molecule has 4 nitrogen and oxygen atoms in total. The number of rotatable bonds is 2. The van der Waals surface area contributed by atoms with E-state index < -0.39 is 0 Å². The third kappa shape index (κ3) is 1.70. The highest BCUT2D eigenvalue weighted by atomic mass is 16.6. The zero-order valence-corrected chi connectivity index (χ0v) is 14.5. The van der Waals surface area contributed by atoms with Crippen LogP contribution in [0, 0.1) is 5.92 Å². The van der Waals surface area contributed by atoms with Crippen molar-refractivity contribution in [3.8, 4) is 11.5 Å². The minimum Gasteiger partial charge on any atom is -0.485 e. The molecule has 1 aromatic carbocycles. The van der Waals surface area contributed by atoms with Gasteiger partial charge >= 0.3 is 5.97 Å². The molecule has 0 aromatic heterocycles. The van der Waals surface area contributed by atoms with E-state index in [0.717, 1.165) is 25.1 Å². The minimum absolute atomic E-state index is 0.160. The number of ether oxygens (including phenoxy) is 2. The molecule has 4 heteroatoms. The predicted octanol–water partition coefficient (Wildman–Crippen LogP) is 3.06. The third-order valence-corrected chi connectivity index (χ3v) is 7.00. The number of nitrogens with zero attached hydrogens (tertiary/aromatic N) is 1. The van der Waals surface area contributed by atoms with Crippen LogP contribution in [-0.2, 0) is 16.6 Å². The lowest BCUT2D eigenvalue weighted by atomic mass is 9.52. The summed E-state index contributed by atoms with van der Waals surface area (Å²) in [6.07, 6.45) is 6.59. The highest BCUT2D eigenvalue weighted by molar-refractivity contribution is 5.74. The first-order valence-electron chi connectivity index (χ1n) is 9.39. The zero-order chi connectivity index (χ0) is 16.5. The predicted molar refractivity (Wildman–Crippen MR) is 90.5 cm³/mol. The lowest BCUT2D eigenvalue weighted by molar-refractivity contribution is -0.134. The van der Waals surface area contributed by atoms with Crippen LogP contribution in [0.1, 0.15) is 50.2 Å². The molecule has 2 aliphatic carbocycles. The van der Waals surface area contributed by atoms with E-state index >= 15 is 0 Å². The molecule has 2 heterocycles. The van der Waals surface area contributed by atoms with Crippen molar-refractivity contribution in [3.05, 3.63) is 23.3 Å².